The highest BCUT2D eigenvalue weighted by molar-refractivity contribution is 5.95. The molecule has 28 heavy (non-hydrogen) atoms. The number of amides is 1. The largest absolute Gasteiger partial charge is 0.454 e. The number of nitrogens with zero attached hydrogens (tertiary/aromatic N) is 1. The highest BCUT2D eigenvalue weighted by Crippen LogP contribution is 2.32. The van der Waals surface area contributed by atoms with E-state index in [0.717, 1.165) is 24.3 Å². The van der Waals surface area contributed by atoms with Crippen LogP contribution in [0.1, 0.15) is 5.56 Å². The minimum atomic E-state index is -0.854. The number of benzene rings is 2. The molecule has 0 radical (unpaired) electrons. The van der Waals surface area contributed by atoms with E-state index in [0.29, 0.717) is 17.1 Å². The van der Waals surface area contributed by atoms with Gasteiger partial charge in [0.1, 0.15) is 5.82 Å². The number of esters is 1. The highest BCUT2D eigenvalue weighted by Gasteiger charge is 2.14. The van der Waals surface area contributed by atoms with Crippen LogP contribution in [0.2, 0.25) is 0 Å². The van der Waals surface area contributed by atoms with E-state index in [1.807, 2.05) is 0 Å². The normalized spacial score (nSPS) is 12.0. The molecular weight excluding hydrogens is 375 g/mol. The maximum Gasteiger partial charge on any atom is 0.331 e. The van der Waals surface area contributed by atoms with E-state index < -0.39 is 29.2 Å². The van der Waals surface area contributed by atoms with Crippen LogP contribution in [0.5, 0.6) is 11.5 Å². The Morgan fingerprint density at radius 1 is 1.21 bits per heavy atom. The molecule has 0 fully saturated rings. The number of halogens is 1. The topological polar surface area (TPSA) is 117 Å². The average Bonchev–Trinajstić information content (AvgIpc) is 3.14. The summed E-state index contributed by atoms with van der Waals surface area (Å²) in [6.45, 7) is -0.558. The van der Waals surface area contributed by atoms with E-state index in [-0.39, 0.29) is 18.2 Å². The molecule has 0 spiro atoms. The first-order valence-corrected chi connectivity index (χ1v) is 7.90. The Kier molecular flexibility index (Phi) is 5.49. The minimum absolute atomic E-state index is 0.130. The Balaban J connectivity index is 1.52. The Morgan fingerprint density at radius 3 is 2.79 bits per heavy atom. The molecule has 0 unspecified atom stereocenters. The van der Waals surface area contributed by atoms with Crippen molar-refractivity contribution >= 4 is 29.3 Å². The number of nitrogens with one attached hydrogen (secondary N) is 1. The van der Waals surface area contributed by atoms with Crippen LogP contribution in [0.4, 0.5) is 15.8 Å². The van der Waals surface area contributed by atoms with Gasteiger partial charge in [0.05, 0.1) is 10.6 Å². The maximum absolute atomic E-state index is 13.6. The number of ether oxygens (including phenoxy) is 3. The van der Waals surface area contributed by atoms with Gasteiger partial charge in [0.2, 0.25) is 6.79 Å². The summed E-state index contributed by atoms with van der Waals surface area (Å²) in [4.78, 5) is 33.5. The van der Waals surface area contributed by atoms with Crippen LogP contribution in [0.25, 0.3) is 6.08 Å². The molecule has 1 aliphatic rings. The molecule has 0 saturated carbocycles. The molecule has 0 aliphatic carbocycles. The smallest absolute Gasteiger partial charge is 0.331 e. The Bertz CT molecular complexity index is 974. The molecule has 1 heterocycles. The third kappa shape index (κ3) is 4.61. The number of nitro groups is 1. The van der Waals surface area contributed by atoms with E-state index in [1.54, 1.807) is 18.2 Å². The van der Waals surface area contributed by atoms with Gasteiger partial charge in [-0.3, -0.25) is 14.9 Å². The molecule has 3 rings (SSSR count). The van der Waals surface area contributed by atoms with E-state index >= 15 is 0 Å². The van der Waals surface area contributed by atoms with Gasteiger partial charge in [-0.05, 0) is 29.8 Å². The van der Waals surface area contributed by atoms with Gasteiger partial charge < -0.3 is 19.5 Å². The second kappa shape index (κ2) is 8.16. The zero-order valence-electron chi connectivity index (χ0n) is 14.2. The lowest BCUT2D eigenvalue weighted by molar-refractivity contribution is -0.384. The lowest BCUT2D eigenvalue weighted by atomic mass is 10.2. The van der Waals surface area contributed by atoms with Gasteiger partial charge in [0.15, 0.2) is 18.1 Å². The Morgan fingerprint density at radius 2 is 2.00 bits per heavy atom. The lowest BCUT2D eigenvalue weighted by Gasteiger charge is -2.06. The van der Waals surface area contributed by atoms with Gasteiger partial charge >= 0.3 is 5.97 Å². The SMILES string of the molecule is O=C(COC(=O)/C=C/c1ccc2c(c1)OCO2)Nc1cc([N+](=O)[O-])ccc1F. The van der Waals surface area contributed by atoms with Crippen LogP contribution >= 0.6 is 0 Å². The predicted molar refractivity (Wildman–Crippen MR) is 94.2 cm³/mol. The van der Waals surface area contributed by atoms with Crippen molar-refractivity contribution in [1.29, 1.82) is 0 Å². The highest BCUT2D eigenvalue weighted by atomic mass is 19.1. The van der Waals surface area contributed by atoms with Crippen molar-refractivity contribution in [2.24, 2.45) is 0 Å². The van der Waals surface area contributed by atoms with E-state index in [9.17, 15) is 24.1 Å². The van der Waals surface area contributed by atoms with Crippen molar-refractivity contribution in [3.8, 4) is 11.5 Å². The molecule has 10 heteroatoms. The number of non-ortho nitro benzene ring substituents is 1. The number of fused-ring (bicyclic) bond motifs is 1. The summed E-state index contributed by atoms with van der Waals surface area (Å²) in [5, 5.41) is 12.8. The fourth-order valence-electron chi connectivity index (χ4n) is 2.27. The fraction of sp³-hybridized carbons (Fsp3) is 0.111. The number of carbonyl (C=O) groups excluding carboxylic acids is 2. The second-order valence-corrected chi connectivity index (χ2v) is 5.52. The Hall–Kier alpha value is -3.95. The van der Waals surface area contributed by atoms with Crippen LogP contribution in [-0.2, 0) is 14.3 Å². The summed E-state index contributed by atoms with van der Waals surface area (Å²) in [5.74, 6) is -1.34. The lowest BCUT2D eigenvalue weighted by Crippen LogP contribution is -2.20. The molecular formula is C18H13FN2O7. The number of rotatable bonds is 6. The van der Waals surface area contributed by atoms with Crippen molar-refractivity contribution in [2.75, 3.05) is 18.7 Å². The molecule has 1 N–H and O–H groups in total. The summed E-state index contributed by atoms with van der Waals surface area (Å²) >= 11 is 0. The molecule has 2 aromatic carbocycles. The van der Waals surface area contributed by atoms with Gasteiger partial charge in [-0.1, -0.05) is 6.07 Å². The summed E-state index contributed by atoms with van der Waals surface area (Å²) in [5.41, 5.74) is -0.115. The molecule has 0 bridgehead atoms. The van der Waals surface area contributed by atoms with Gasteiger partial charge in [-0.25, -0.2) is 9.18 Å². The third-order valence-electron chi connectivity index (χ3n) is 3.59. The zero-order chi connectivity index (χ0) is 20.1. The predicted octanol–water partition coefficient (Wildman–Crippen LogP) is 2.66. The molecule has 0 saturated heterocycles. The monoisotopic (exact) mass is 388 g/mol. The number of nitro benzene ring substituents is 1. The van der Waals surface area contributed by atoms with Gasteiger partial charge in [-0.2, -0.15) is 0 Å². The molecule has 2 aromatic rings. The molecule has 1 aliphatic heterocycles. The summed E-state index contributed by atoms with van der Waals surface area (Å²) < 4.78 is 28.8. The first kappa shape index (κ1) is 18.8. The average molecular weight is 388 g/mol. The quantitative estimate of drug-likeness (QED) is 0.350. The zero-order valence-corrected chi connectivity index (χ0v) is 14.2. The second-order valence-electron chi connectivity index (χ2n) is 5.52. The van der Waals surface area contributed by atoms with Gasteiger partial charge in [0, 0.05) is 18.2 Å². The molecule has 0 atom stereocenters. The minimum Gasteiger partial charge on any atom is -0.454 e. The van der Waals surface area contributed by atoms with Gasteiger partial charge in [0.25, 0.3) is 11.6 Å². The first-order chi connectivity index (χ1) is 13.4. The summed E-state index contributed by atoms with van der Waals surface area (Å²) in [6, 6.07) is 7.75. The van der Waals surface area contributed by atoms with E-state index in [4.69, 9.17) is 14.2 Å². The summed E-state index contributed by atoms with van der Waals surface area (Å²) in [6.07, 6.45) is 2.57. The van der Waals surface area contributed by atoms with Crippen LogP contribution < -0.4 is 14.8 Å². The standard InChI is InChI=1S/C18H13FN2O7/c19-13-4-3-12(21(24)25)8-14(13)20-17(22)9-26-18(23)6-2-11-1-5-15-16(7-11)28-10-27-15/h1-8H,9-10H2,(H,20,22)/b6-2+. The van der Waals surface area contributed by atoms with Gasteiger partial charge in [-0.15, -0.1) is 0 Å². The number of hydrogen-bond donors (Lipinski definition) is 1. The maximum atomic E-state index is 13.6. The van der Waals surface area contributed by atoms with E-state index in [2.05, 4.69) is 5.32 Å². The van der Waals surface area contributed by atoms with Crippen LogP contribution in [-0.4, -0.2) is 30.2 Å². The molecule has 144 valence electrons. The molecule has 0 aromatic heterocycles. The summed E-state index contributed by atoms with van der Waals surface area (Å²) in [7, 11) is 0. The van der Waals surface area contributed by atoms with Crippen molar-refractivity contribution in [3.05, 3.63) is 64.0 Å². The first-order valence-electron chi connectivity index (χ1n) is 7.90. The fourth-order valence-corrected chi connectivity index (χ4v) is 2.27. The van der Waals surface area contributed by atoms with Crippen LogP contribution in [0.3, 0.4) is 0 Å². The van der Waals surface area contributed by atoms with Crippen molar-refractivity contribution in [1.82, 2.24) is 0 Å². The number of carbonyl (C=O) groups is 2. The van der Waals surface area contributed by atoms with Crippen molar-refractivity contribution < 1.29 is 33.1 Å². The van der Waals surface area contributed by atoms with Crippen LogP contribution in [0.15, 0.2) is 42.5 Å². The van der Waals surface area contributed by atoms with Crippen molar-refractivity contribution in [3.63, 3.8) is 0 Å². The Labute approximate surface area is 157 Å². The number of hydrogen-bond acceptors (Lipinski definition) is 7. The number of anilines is 1. The van der Waals surface area contributed by atoms with E-state index in [1.165, 1.54) is 6.08 Å². The van der Waals surface area contributed by atoms with Crippen molar-refractivity contribution in [2.45, 2.75) is 0 Å². The molecule has 1 amide bonds. The molecule has 9 nitrogen and oxygen atoms in total. The third-order valence-corrected chi connectivity index (χ3v) is 3.59. The van der Waals surface area contributed by atoms with Crippen LogP contribution in [0, 0.1) is 15.9 Å².